The fraction of sp³-hybridized carbons (Fsp3) is 0.333. The van der Waals surface area contributed by atoms with E-state index >= 15 is 0 Å². The molecule has 3 heteroatoms. The molecule has 0 N–H and O–H groups in total. The van der Waals surface area contributed by atoms with Crippen molar-refractivity contribution in [3.8, 4) is 0 Å². The fourth-order valence-electron chi connectivity index (χ4n) is 4.11. The number of halogens is 2. The van der Waals surface area contributed by atoms with E-state index in [1.807, 2.05) is 12.1 Å². The van der Waals surface area contributed by atoms with Crippen LogP contribution in [0, 0.1) is 5.82 Å². The highest BCUT2D eigenvalue weighted by atomic mass is 35.5. The van der Waals surface area contributed by atoms with Crippen LogP contribution in [0.3, 0.4) is 0 Å². The summed E-state index contributed by atoms with van der Waals surface area (Å²) in [5.41, 5.74) is 3.15. The van der Waals surface area contributed by atoms with Crippen LogP contribution >= 0.6 is 11.6 Å². The summed E-state index contributed by atoms with van der Waals surface area (Å²) in [6.45, 7) is 0.970. The minimum Gasteiger partial charge on any atom is -0.289 e. The van der Waals surface area contributed by atoms with Gasteiger partial charge < -0.3 is 0 Å². The maximum Gasteiger partial charge on any atom is 0.149 e. The average molecular weight is 342 g/mol. The van der Waals surface area contributed by atoms with Crippen LogP contribution in [-0.2, 0) is 6.54 Å². The molecule has 0 saturated carbocycles. The lowest BCUT2D eigenvalue weighted by atomic mass is 9.82. The Morgan fingerprint density at radius 3 is 2.67 bits per heavy atom. The number of rotatable bonds is 3. The summed E-state index contributed by atoms with van der Waals surface area (Å²) in [6.07, 6.45) is 6.76. The van der Waals surface area contributed by atoms with Crippen molar-refractivity contribution < 1.29 is 4.39 Å². The van der Waals surface area contributed by atoms with Gasteiger partial charge in [-0.2, -0.15) is 0 Å². The lowest BCUT2D eigenvalue weighted by Gasteiger charge is -2.45. The first-order valence-electron chi connectivity index (χ1n) is 8.67. The quantitative estimate of drug-likeness (QED) is 0.693. The van der Waals surface area contributed by atoms with E-state index in [0.29, 0.717) is 17.6 Å². The predicted molar refractivity (Wildman–Crippen MR) is 97.4 cm³/mol. The van der Waals surface area contributed by atoms with E-state index in [-0.39, 0.29) is 10.8 Å². The van der Waals surface area contributed by atoms with Gasteiger partial charge in [0.15, 0.2) is 0 Å². The maximum atomic E-state index is 14.4. The normalized spacial score (nSPS) is 23.8. The van der Waals surface area contributed by atoms with Crippen LogP contribution < -0.4 is 0 Å². The van der Waals surface area contributed by atoms with Gasteiger partial charge in [0.25, 0.3) is 0 Å². The summed E-state index contributed by atoms with van der Waals surface area (Å²) in [5, 5.41) is 0.213. The molecule has 2 unspecified atom stereocenters. The van der Waals surface area contributed by atoms with Crippen molar-refractivity contribution in [1.82, 2.24) is 4.90 Å². The monoisotopic (exact) mass is 341 g/mol. The number of piperidine rings is 1. The molecule has 2 aliphatic rings. The Bertz CT molecular complexity index is 756. The third-order valence-electron chi connectivity index (χ3n) is 5.29. The van der Waals surface area contributed by atoms with Crippen LogP contribution in [0.15, 0.2) is 54.6 Å². The van der Waals surface area contributed by atoms with Crippen LogP contribution in [0.2, 0.25) is 5.02 Å². The molecule has 0 aliphatic carbocycles. The number of nitrogens with zero attached hydrogens (tertiary/aromatic N) is 1. The maximum absolute atomic E-state index is 14.4. The first kappa shape index (κ1) is 15.9. The second-order valence-electron chi connectivity index (χ2n) is 6.81. The zero-order valence-electron chi connectivity index (χ0n) is 13.6. The molecule has 24 heavy (non-hydrogen) atoms. The third kappa shape index (κ3) is 3.01. The Hall–Kier alpha value is -1.64. The smallest absolute Gasteiger partial charge is 0.149 e. The average Bonchev–Trinajstić information content (AvgIpc) is 2.58. The van der Waals surface area contributed by atoms with E-state index < -0.39 is 0 Å². The van der Waals surface area contributed by atoms with Crippen LogP contribution in [0.4, 0.5) is 4.39 Å². The number of hydrogen-bond acceptors (Lipinski definition) is 1. The molecule has 0 radical (unpaired) electrons. The van der Waals surface area contributed by atoms with Crippen molar-refractivity contribution >= 4 is 17.2 Å². The second-order valence-corrected chi connectivity index (χ2v) is 7.21. The number of benzene rings is 2. The van der Waals surface area contributed by atoms with Gasteiger partial charge in [-0.05, 0) is 36.5 Å². The predicted octanol–water partition coefficient (Wildman–Crippen LogP) is 5.69. The third-order valence-corrected chi connectivity index (χ3v) is 5.58. The van der Waals surface area contributed by atoms with Crippen molar-refractivity contribution in [2.75, 3.05) is 0 Å². The van der Waals surface area contributed by atoms with Gasteiger partial charge in [-0.25, -0.2) is 4.39 Å². The Morgan fingerprint density at radius 1 is 1.04 bits per heavy atom. The Kier molecular flexibility index (Phi) is 4.43. The van der Waals surface area contributed by atoms with Crippen molar-refractivity contribution in [2.45, 2.75) is 44.3 Å². The van der Waals surface area contributed by atoms with Crippen molar-refractivity contribution in [2.24, 2.45) is 0 Å². The van der Waals surface area contributed by atoms with Gasteiger partial charge in [0.1, 0.15) is 5.82 Å². The molecular formula is C21H21ClFN. The molecule has 1 fully saturated rings. The molecule has 1 saturated heterocycles. The molecule has 0 amide bonds. The molecular weight excluding hydrogens is 321 g/mol. The van der Waals surface area contributed by atoms with E-state index in [4.69, 9.17) is 11.6 Å². The summed E-state index contributed by atoms with van der Waals surface area (Å²) >= 11 is 5.98. The Labute approximate surface area is 147 Å². The first-order chi connectivity index (χ1) is 11.7. The molecule has 2 aromatic rings. The highest BCUT2D eigenvalue weighted by Gasteiger charge is 2.34. The van der Waals surface area contributed by atoms with Gasteiger partial charge in [-0.1, -0.05) is 66.6 Å². The molecule has 2 aromatic carbocycles. The van der Waals surface area contributed by atoms with Crippen LogP contribution in [0.5, 0.6) is 0 Å². The molecule has 124 valence electrons. The van der Waals surface area contributed by atoms with Crippen LogP contribution in [-0.4, -0.2) is 17.0 Å². The minimum atomic E-state index is -0.278. The van der Waals surface area contributed by atoms with Gasteiger partial charge in [0, 0.05) is 24.2 Å². The molecule has 2 atom stereocenters. The standard InChI is InChI=1S/C21H21ClFN/c22-20-11-5-10-19(21(20)23)16-12-17-8-4-9-18(13-16)24(17)14-15-6-2-1-3-7-15/h1-3,5-7,10-12,17-18H,4,8-9,13-14H2. The zero-order chi connectivity index (χ0) is 16.5. The van der Waals surface area contributed by atoms with Gasteiger partial charge in [-0.3, -0.25) is 4.90 Å². The van der Waals surface area contributed by atoms with E-state index in [1.54, 1.807) is 6.07 Å². The van der Waals surface area contributed by atoms with E-state index in [2.05, 4.69) is 41.3 Å². The van der Waals surface area contributed by atoms with Crippen molar-refractivity contribution in [1.29, 1.82) is 0 Å². The molecule has 2 aliphatic heterocycles. The fourth-order valence-corrected chi connectivity index (χ4v) is 4.28. The lowest BCUT2D eigenvalue weighted by molar-refractivity contribution is 0.0950. The number of fused-ring (bicyclic) bond motifs is 2. The van der Waals surface area contributed by atoms with E-state index in [0.717, 1.165) is 25.0 Å². The largest absolute Gasteiger partial charge is 0.289 e. The highest BCUT2D eigenvalue weighted by molar-refractivity contribution is 6.30. The SMILES string of the molecule is Fc1c(Cl)cccc1C1=CC2CCCC(C1)N2Cc1ccccc1. The highest BCUT2D eigenvalue weighted by Crippen LogP contribution is 2.39. The van der Waals surface area contributed by atoms with Gasteiger partial charge in [0.05, 0.1) is 5.02 Å². The minimum absolute atomic E-state index is 0.213. The molecule has 0 aromatic heterocycles. The molecule has 2 heterocycles. The second kappa shape index (κ2) is 6.70. The molecule has 0 spiro atoms. The summed E-state index contributed by atoms with van der Waals surface area (Å²) in [5.74, 6) is -0.278. The van der Waals surface area contributed by atoms with Gasteiger partial charge in [0.2, 0.25) is 0 Å². The van der Waals surface area contributed by atoms with Crippen molar-refractivity contribution in [3.05, 3.63) is 76.6 Å². The Balaban J connectivity index is 1.64. The summed E-state index contributed by atoms with van der Waals surface area (Å²) in [4.78, 5) is 2.59. The lowest BCUT2D eigenvalue weighted by Crippen LogP contribution is -2.47. The van der Waals surface area contributed by atoms with Crippen LogP contribution in [0.25, 0.3) is 5.57 Å². The summed E-state index contributed by atoms with van der Waals surface area (Å²) in [7, 11) is 0. The molecule has 1 nitrogen and oxygen atoms in total. The summed E-state index contributed by atoms with van der Waals surface area (Å²) < 4.78 is 14.4. The van der Waals surface area contributed by atoms with Crippen molar-refractivity contribution in [3.63, 3.8) is 0 Å². The van der Waals surface area contributed by atoms with E-state index in [9.17, 15) is 4.39 Å². The number of hydrogen-bond donors (Lipinski definition) is 0. The van der Waals surface area contributed by atoms with Gasteiger partial charge in [-0.15, -0.1) is 0 Å². The van der Waals surface area contributed by atoms with E-state index in [1.165, 1.54) is 18.4 Å². The zero-order valence-corrected chi connectivity index (χ0v) is 14.3. The van der Waals surface area contributed by atoms with Gasteiger partial charge >= 0.3 is 0 Å². The topological polar surface area (TPSA) is 3.24 Å². The first-order valence-corrected chi connectivity index (χ1v) is 9.05. The molecule has 4 rings (SSSR count). The Morgan fingerprint density at radius 2 is 1.88 bits per heavy atom. The molecule has 2 bridgehead atoms. The van der Waals surface area contributed by atoms with Crippen LogP contribution in [0.1, 0.15) is 36.8 Å². The summed E-state index contributed by atoms with van der Waals surface area (Å²) in [6, 6.07) is 16.8.